The third kappa shape index (κ3) is 8.00. The Hall–Kier alpha value is -4.58. The minimum atomic E-state index is -2.42. The molecule has 2 unspecified atom stereocenters. The summed E-state index contributed by atoms with van der Waals surface area (Å²) in [5, 5.41) is 39.8. The molecule has 17 heteroatoms. The van der Waals surface area contributed by atoms with E-state index in [0.717, 1.165) is 14.0 Å². The van der Waals surface area contributed by atoms with Gasteiger partial charge in [0.1, 0.15) is 29.5 Å². The number of amides is 1. The molecule has 1 aromatic carbocycles. The molecule has 0 aromatic heterocycles. The van der Waals surface area contributed by atoms with Crippen LogP contribution in [0.1, 0.15) is 99.4 Å². The van der Waals surface area contributed by atoms with Crippen LogP contribution in [-0.4, -0.2) is 124 Å². The van der Waals surface area contributed by atoms with Gasteiger partial charge in [-0.15, -0.1) is 0 Å². The standard InChI is InChI=1S/C43H59NO16/c1-21-24(57-35(50)28(47)31(38(3,4)5)44-36(51)59-39(6,7)8)19-43(53)33(58-34(49)23-16-14-13-15-17-23)30-41(11,32(48)29(56-22(2)45)27(21)40(43,9)10)25(46)18-26-42(30,20-55-26)60-37(52)54-12/h13-17,24-26,28-31,33,46-47,53H,18-20H2,1-12H3,(H,44,51)/t24-,25-,26+,28-,29+,30?,31-,33?,41+,42-,43+/m0/s1. The fraction of sp³-hybridized carbons (Fsp3) is 0.674. The van der Waals surface area contributed by atoms with Crippen molar-refractivity contribution in [2.24, 2.45) is 22.2 Å². The molecule has 5 rings (SSSR count). The number of carbonyl (C=O) groups is 6. The van der Waals surface area contributed by atoms with Crippen molar-refractivity contribution in [1.82, 2.24) is 5.32 Å². The Morgan fingerprint density at radius 3 is 2.10 bits per heavy atom. The van der Waals surface area contributed by atoms with E-state index >= 15 is 4.79 Å². The van der Waals surface area contributed by atoms with Gasteiger partial charge in [-0.25, -0.2) is 19.2 Å². The number of ketones is 1. The number of nitrogens with one attached hydrogen (secondary N) is 1. The van der Waals surface area contributed by atoms with E-state index in [4.69, 9.17) is 33.2 Å². The van der Waals surface area contributed by atoms with E-state index in [9.17, 15) is 39.3 Å². The summed E-state index contributed by atoms with van der Waals surface area (Å²) in [6.07, 6.45) is -12.8. The summed E-state index contributed by atoms with van der Waals surface area (Å²) in [5.41, 5.74) is -9.78. The maximum atomic E-state index is 15.4. The topological polar surface area (TPSA) is 240 Å². The minimum absolute atomic E-state index is 0.0226. The summed E-state index contributed by atoms with van der Waals surface area (Å²) in [6, 6.07) is 6.50. The van der Waals surface area contributed by atoms with Crippen LogP contribution in [0, 0.1) is 22.2 Å². The number of alkyl carbamates (subject to hydrolysis) is 1. The van der Waals surface area contributed by atoms with Crippen molar-refractivity contribution in [2.45, 2.75) is 148 Å². The number of esters is 3. The number of carbonyl (C=O) groups excluding carboxylic acids is 6. The first-order valence-corrected chi connectivity index (χ1v) is 19.9. The Labute approximate surface area is 349 Å². The zero-order valence-corrected chi connectivity index (χ0v) is 36.3. The smallest absolute Gasteiger partial charge is 0.456 e. The first-order chi connectivity index (χ1) is 27.6. The highest BCUT2D eigenvalue weighted by Gasteiger charge is 2.78. The Balaban J connectivity index is 1.74. The van der Waals surface area contributed by atoms with Gasteiger partial charge in [0, 0.05) is 25.2 Å². The molecule has 0 radical (unpaired) electrons. The van der Waals surface area contributed by atoms with Crippen molar-refractivity contribution in [1.29, 1.82) is 0 Å². The molecular formula is C43H59NO16. The molecule has 1 amide bonds. The van der Waals surface area contributed by atoms with Gasteiger partial charge in [-0.3, -0.25) is 9.59 Å². The molecule has 11 atom stereocenters. The fourth-order valence-electron chi connectivity index (χ4n) is 9.50. The van der Waals surface area contributed by atoms with E-state index in [2.05, 4.69) is 5.32 Å². The maximum absolute atomic E-state index is 15.4. The van der Waals surface area contributed by atoms with Gasteiger partial charge in [-0.1, -0.05) is 52.8 Å². The first kappa shape index (κ1) is 46.5. The average Bonchev–Trinajstić information content (AvgIpc) is 3.13. The molecule has 0 spiro atoms. The van der Waals surface area contributed by atoms with Crippen molar-refractivity contribution in [3.63, 3.8) is 0 Å². The van der Waals surface area contributed by atoms with Gasteiger partial charge in [0.25, 0.3) is 0 Å². The molecule has 1 saturated heterocycles. The second-order valence-corrected chi connectivity index (χ2v) is 19.1. The van der Waals surface area contributed by atoms with E-state index in [1.807, 2.05) is 0 Å². The van der Waals surface area contributed by atoms with E-state index in [0.29, 0.717) is 0 Å². The largest absolute Gasteiger partial charge is 0.508 e. The predicted octanol–water partition coefficient (Wildman–Crippen LogP) is 3.72. The van der Waals surface area contributed by atoms with Crippen LogP contribution in [0.2, 0.25) is 0 Å². The zero-order valence-electron chi connectivity index (χ0n) is 36.3. The summed E-state index contributed by atoms with van der Waals surface area (Å²) in [5.74, 6) is -5.62. The molecule has 3 fully saturated rings. The Kier molecular flexibility index (Phi) is 12.4. The quantitative estimate of drug-likeness (QED) is 0.166. The highest BCUT2D eigenvalue weighted by Crippen LogP contribution is 2.64. The molecule has 4 aliphatic rings. The second kappa shape index (κ2) is 16.0. The number of aliphatic hydroxyl groups is 3. The molecule has 1 aliphatic heterocycles. The van der Waals surface area contributed by atoms with E-state index < -0.39 is 124 Å². The van der Waals surface area contributed by atoms with Crippen molar-refractivity contribution >= 4 is 35.9 Å². The minimum Gasteiger partial charge on any atom is -0.456 e. The molecule has 60 heavy (non-hydrogen) atoms. The van der Waals surface area contributed by atoms with Crippen molar-refractivity contribution in [3.05, 3.63) is 47.0 Å². The first-order valence-electron chi connectivity index (χ1n) is 19.9. The molecule has 4 N–H and O–H groups in total. The Morgan fingerprint density at radius 1 is 0.967 bits per heavy atom. The summed E-state index contributed by atoms with van der Waals surface area (Å²) in [4.78, 5) is 82.7. The lowest BCUT2D eigenvalue weighted by atomic mass is 9.44. The third-order valence-electron chi connectivity index (χ3n) is 12.7. The lowest BCUT2D eigenvalue weighted by Crippen LogP contribution is -2.82. The second-order valence-electron chi connectivity index (χ2n) is 19.1. The van der Waals surface area contributed by atoms with Gasteiger partial charge in [-0.2, -0.15) is 0 Å². The van der Waals surface area contributed by atoms with Crippen LogP contribution < -0.4 is 5.32 Å². The van der Waals surface area contributed by atoms with Crippen LogP contribution in [-0.2, 0) is 47.5 Å². The number of hydrogen-bond acceptors (Lipinski definition) is 16. The summed E-state index contributed by atoms with van der Waals surface area (Å²) in [6.45, 7) is 16.6. The zero-order chi connectivity index (χ0) is 45.1. The van der Waals surface area contributed by atoms with Gasteiger partial charge in [-0.05, 0) is 63.3 Å². The normalized spacial score (nSPS) is 33.1. The Morgan fingerprint density at radius 2 is 1.58 bits per heavy atom. The molecule has 3 aliphatic carbocycles. The number of benzene rings is 1. The fourth-order valence-corrected chi connectivity index (χ4v) is 9.50. The van der Waals surface area contributed by atoms with Crippen LogP contribution in [0.5, 0.6) is 0 Å². The molecule has 1 heterocycles. The molecule has 2 bridgehead atoms. The number of fused-ring (bicyclic) bond motifs is 5. The maximum Gasteiger partial charge on any atom is 0.508 e. The Bertz CT molecular complexity index is 1910. The van der Waals surface area contributed by atoms with Gasteiger partial charge in [0.15, 0.2) is 23.6 Å². The molecule has 2 saturated carbocycles. The van der Waals surface area contributed by atoms with Crippen molar-refractivity contribution in [3.8, 4) is 0 Å². The van der Waals surface area contributed by atoms with E-state index in [1.54, 1.807) is 59.7 Å². The third-order valence-corrected chi connectivity index (χ3v) is 12.7. The van der Waals surface area contributed by atoms with Gasteiger partial charge in [0.05, 0.1) is 42.8 Å². The number of rotatable bonds is 8. The number of methoxy groups -OCH3 is 1. The molecule has 1 aromatic rings. The lowest BCUT2D eigenvalue weighted by Gasteiger charge is -2.67. The highest BCUT2D eigenvalue weighted by molar-refractivity contribution is 5.95. The number of ether oxygens (including phenoxy) is 7. The van der Waals surface area contributed by atoms with Crippen LogP contribution in [0.15, 0.2) is 41.5 Å². The average molecular weight is 846 g/mol. The van der Waals surface area contributed by atoms with Crippen molar-refractivity contribution in [2.75, 3.05) is 13.7 Å². The summed E-state index contributed by atoms with van der Waals surface area (Å²) < 4.78 is 40.3. The van der Waals surface area contributed by atoms with Crippen LogP contribution >= 0.6 is 0 Å². The van der Waals surface area contributed by atoms with Gasteiger partial charge >= 0.3 is 30.2 Å². The van der Waals surface area contributed by atoms with E-state index in [-0.39, 0.29) is 29.7 Å². The highest BCUT2D eigenvalue weighted by atomic mass is 16.8. The predicted molar refractivity (Wildman–Crippen MR) is 209 cm³/mol. The molecule has 332 valence electrons. The van der Waals surface area contributed by atoms with Crippen molar-refractivity contribution < 1.29 is 77.2 Å². The summed E-state index contributed by atoms with van der Waals surface area (Å²) >= 11 is 0. The van der Waals surface area contributed by atoms with E-state index in [1.165, 1.54) is 39.8 Å². The number of Topliss-reactive ketones (excluding diaryl/α,β-unsaturated/α-hetero) is 1. The number of aliphatic hydroxyl groups excluding tert-OH is 2. The van der Waals surface area contributed by atoms with Crippen LogP contribution in [0.25, 0.3) is 0 Å². The number of hydrogen-bond donors (Lipinski definition) is 4. The van der Waals surface area contributed by atoms with Crippen LogP contribution in [0.4, 0.5) is 9.59 Å². The summed E-state index contributed by atoms with van der Waals surface area (Å²) in [7, 11) is 1.07. The van der Waals surface area contributed by atoms with Crippen LogP contribution in [0.3, 0.4) is 0 Å². The van der Waals surface area contributed by atoms with Gasteiger partial charge < -0.3 is 53.8 Å². The lowest BCUT2D eigenvalue weighted by molar-refractivity contribution is -0.344. The van der Waals surface area contributed by atoms with Gasteiger partial charge in [0.2, 0.25) is 0 Å². The molecular weight excluding hydrogens is 786 g/mol. The SMILES string of the molecule is COC(=O)O[C@@]12CO[C@@H]1C[C@H](O)[C@@]1(C)C(=O)[C@H](OC(C)=O)C3=C(C)[C@@H](OC(=O)[C@@H](O)[C@H](NC(=O)OC(C)(C)C)C(C)(C)C)C[C@@](O)(C(OC(=O)c4ccccc4)C12)C3(C)C. The monoisotopic (exact) mass is 845 g/mol. The molecule has 17 nitrogen and oxygen atoms in total.